The van der Waals surface area contributed by atoms with Crippen molar-refractivity contribution in [3.8, 4) is 0 Å². The van der Waals surface area contributed by atoms with E-state index in [-0.39, 0.29) is 11.5 Å². The molecule has 92 valence electrons. The third kappa shape index (κ3) is 2.24. The van der Waals surface area contributed by atoms with Gasteiger partial charge in [0, 0.05) is 20.5 Å². The van der Waals surface area contributed by atoms with Gasteiger partial charge in [-0.15, -0.1) is 0 Å². The van der Waals surface area contributed by atoms with Crippen LogP contribution in [0, 0.1) is 5.41 Å². The Bertz CT molecular complexity index is 268. The second-order valence-corrected chi connectivity index (χ2v) is 6.01. The number of amides is 1. The molecule has 3 nitrogen and oxygen atoms in total. The minimum atomic E-state index is -0.241. The average molecular weight is 225 g/mol. The van der Waals surface area contributed by atoms with Crippen LogP contribution < -0.4 is 0 Å². The molecule has 2 bridgehead atoms. The summed E-state index contributed by atoms with van der Waals surface area (Å²) in [6.07, 6.45) is 7.99. The summed E-state index contributed by atoms with van der Waals surface area (Å²) in [6.45, 7) is 2.49. The molecule has 0 heterocycles. The third-order valence-electron chi connectivity index (χ3n) is 4.35. The normalized spacial score (nSPS) is 35.2. The van der Waals surface area contributed by atoms with E-state index < -0.39 is 0 Å². The van der Waals surface area contributed by atoms with Crippen molar-refractivity contribution in [3.05, 3.63) is 0 Å². The van der Waals surface area contributed by atoms with E-state index in [0.29, 0.717) is 5.41 Å². The maximum atomic E-state index is 11.0. The highest BCUT2D eigenvalue weighted by Gasteiger charge is 2.66. The van der Waals surface area contributed by atoms with Crippen molar-refractivity contribution in [2.24, 2.45) is 5.41 Å². The van der Waals surface area contributed by atoms with Crippen molar-refractivity contribution < 1.29 is 9.90 Å². The predicted octanol–water partition coefficient (Wildman–Crippen LogP) is 1.94. The lowest BCUT2D eigenvalue weighted by atomic mass is 9.40. The topological polar surface area (TPSA) is 40.5 Å². The summed E-state index contributed by atoms with van der Waals surface area (Å²) in [4.78, 5) is 12.7. The number of aliphatic hydroxyl groups is 1. The van der Waals surface area contributed by atoms with Gasteiger partial charge in [0.1, 0.15) is 0 Å². The average Bonchev–Trinajstić information content (AvgIpc) is 2.12. The summed E-state index contributed by atoms with van der Waals surface area (Å²) >= 11 is 0. The first kappa shape index (κ1) is 11.9. The van der Waals surface area contributed by atoms with E-state index in [4.69, 9.17) is 0 Å². The first-order valence-corrected chi connectivity index (χ1v) is 6.39. The largest absolute Gasteiger partial charge is 0.390 e. The van der Waals surface area contributed by atoms with Crippen LogP contribution in [0.3, 0.4) is 0 Å². The molecule has 0 aromatic heterocycles. The van der Waals surface area contributed by atoms with Crippen LogP contribution in [0.5, 0.6) is 0 Å². The quantitative estimate of drug-likeness (QED) is 0.702. The molecule has 0 spiro atoms. The van der Waals surface area contributed by atoms with E-state index in [1.54, 1.807) is 11.8 Å². The molecule has 1 amide bonds. The van der Waals surface area contributed by atoms with Crippen LogP contribution in [0.2, 0.25) is 0 Å². The molecule has 0 aliphatic heterocycles. The lowest BCUT2D eigenvalue weighted by molar-refractivity contribution is -0.262. The molecular weight excluding hydrogens is 202 g/mol. The number of hydrogen-bond acceptors (Lipinski definition) is 2. The van der Waals surface area contributed by atoms with Crippen molar-refractivity contribution in [1.82, 2.24) is 4.90 Å². The molecule has 3 saturated carbocycles. The molecule has 0 aromatic rings. The fourth-order valence-corrected chi connectivity index (χ4v) is 3.39. The van der Waals surface area contributed by atoms with E-state index in [0.717, 1.165) is 32.2 Å². The van der Waals surface area contributed by atoms with Gasteiger partial charge in [-0.05, 0) is 37.5 Å². The van der Waals surface area contributed by atoms with E-state index in [1.807, 2.05) is 7.05 Å². The Morgan fingerprint density at radius 2 is 1.88 bits per heavy atom. The van der Waals surface area contributed by atoms with Crippen molar-refractivity contribution in [3.63, 3.8) is 0 Å². The summed E-state index contributed by atoms with van der Waals surface area (Å²) in [5.41, 5.74) is 0.288. The van der Waals surface area contributed by atoms with Crippen molar-refractivity contribution >= 4 is 5.91 Å². The minimum Gasteiger partial charge on any atom is -0.390 e. The molecule has 0 radical (unpaired) electrons. The zero-order valence-corrected chi connectivity index (χ0v) is 10.5. The Morgan fingerprint density at radius 1 is 1.25 bits per heavy atom. The summed E-state index contributed by atoms with van der Waals surface area (Å²) < 4.78 is 0. The minimum absolute atomic E-state index is 0.154. The Morgan fingerprint density at radius 3 is 2.38 bits per heavy atom. The van der Waals surface area contributed by atoms with Crippen LogP contribution in [0.25, 0.3) is 0 Å². The number of carbonyl (C=O) groups is 1. The van der Waals surface area contributed by atoms with Gasteiger partial charge in [-0.3, -0.25) is 4.79 Å². The number of unbranched alkanes of at least 4 members (excludes halogenated alkanes) is 2. The second-order valence-electron chi connectivity index (χ2n) is 6.01. The summed E-state index contributed by atoms with van der Waals surface area (Å²) in [7, 11) is 1.86. The molecule has 16 heavy (non-hydrogen) atoms. The van der Waals surface area contributed by atoms with E-state index in [1.165, 1.54) is 19.3 Å². The van der Waals surface area contributed by atoms with Crippen molar-refractivity contribution in [1.29, 1.82) is 0 Å². The number of rotatable bonds is 6. The van der Waals surface area contributed by atoms with Gasteiger partial charge in [0.05, 0.1) is 5.60 Å². The van der Waals surface area contributed by atoms with Crippen molar-refractivity contribution in [2.75, 3.05) is 13.6 Å². The number of hydrogen-bond donors (Lipinski definition) is 1. The van der Waals surface area contributed by atoms with Gasteiger partial charge in [-0.25, -0.2) is 0 Å². The van der Waals surface area contributed by atoms with Crippen LogP contribution in [0.15, 0.2) is 0 Å². The van der Waals surface area contributed by atoms with Gasteiger partial charge in [0.25, 0.3) is 0 Å². The van der Waals surface area contributed by atoms with Crippen LogP contribution in [-0.4, -0.2) is 35.1 Å². The smallest absolute Gasteiger partial charge is 0.219 e. The SMILES string of the molecule is CC(=O)N(C)CCCCCC12CC(O)(C1)C2. The molecule has 3 aliphatic rings. The van der Waals surface area contributed by atoms with Gasteiger partial charge in [-0.2, -0.15) is 0 Å². The monoisotopic (exact) mass is 225 g/mol. The first-order chi connectivity index (χ1) is 7.45. The highest BCUT2D eigenvalue weighted by atomic mass is 16.3. The molecular formula is C13H23NO2. The second kappa shape index (κ2) is 4.02. The lowest BCUT2D eigenvalue weighted by Crippen LogP contribution is -2.66. The molecule has 0 unspecified atom stereocenters. The molecule has 3 heteroatoms. The highest BCUT2D eigenvalue weighted by molar-refractivity contribution is 5.72. The van der Waals surface area contributed by atoms with Crippen LogP contribution in [0.4, 0.5) is 0 Å². The number of nitrogens with zero attached hydrogens (tertiary/aromatic N) is 1. The molecule has 0 aromatic carbocycles. The first-order valence-electron chi connectivity index (χ1n) is 6.39. The molecule has 0 atom stereocenters. The van der Waals surface area contributed by atoms with Gasteiger partial charge in [0.2, 0.25) is 5.91 Å². The van der Waals surface area contributed by atoms with Gasteiger partial charge >= 0.3 is 0 Å². The highest BCUT2D eigenvalue weighted by Crippen LogP contribution is 2.69. The van der Waals surface area contributed by atoms with Crippen molar-refractivity contribution in [2.45, 2.75) is 57.5 Å². The van der Waals surface area contributed by atoms with E-state index in [9.17, 15) is 9.90 Å². The molecule has 3 aliphatic carbocycles. The lowest BCUT2D eigenvalue weighted by Gasteiger charge is -2.68. The van der Waals surface area contributed by atoms with Gasteiger partial charge < -0.3 is 10.0 Å². The fraction of sp³-hybridized carbons (Fsp3) is 0.923. The zero-order chi connectivity index (χ0) is 11.8. The van der Waals surface area contributed by atoms with Gasteiger partial charge in [0.15, 0.2) is 0 Å². The molecule has 3 fully saturated rings. The maximum Gasteiger partial charge on any atom is 0.219 e. The summed E-state index contributed by atoms with van der Waals surface area (Å²) in [5, 5.41) is 9.64. The zero-order valence-electron chi connectivity index (χ0n) is 10.5. The standard InChI is InChI=1S/C13H23NO2/c1-11(15)14(2)7-5-3-4-6-12-8-13(16,9-12)10-12/h16H,3-10H2,1-2H3. The third-order valence-corrected chi connectivity index (χ3v) is 4.35. The predicted molar refractivity (Wildman–Crippen MR) is 63.0 cm³/mol. The van der Waals surface area contributed by atoms with Crippen LogP contribution >= 0.6 is 0 Å². The Labute approximate surface area is 97.8 Å². The van der Waals surface area contributed by atoms with Crippen LogP contribution in [0.1, 0.15) is 51.9 Å². The van der Waals surface area contributed by atoms with Gasteiger partial charge in [-0.1, -0.05) is 12.8 Å². The Kier molecular flexibility index (Phi) is 2.99. The maximum absolute atomic E-state index is 11.0. The molecule has 1 N–H and O–H groups in total. The Balaban J connectivity index is 1.49. The Hall–Kier alpha value is -0.570. The summed E-state index contributed by atoms with van der Waals surface area (Å²) in [5.74, 6) is 0.154. The van der Waals surface area contributed by atoms with E-state index >= 15 is 0 Å². The van der Waals surface area contributed by atoms with E-state index in [2.05, 4.69) is 0 Å². The number of carbonyl (C=O) groups excluding carboxylic acids is 1. The van der Waals surface area contributed by atoms with Crippen LogP contribution in [-0.2, 0) is 4.79 Å². The molecule has 0 saturated heterocycles. The molecule has 3 rings (SSSR count). The fourth-order valence-electron chi connectivity index (χ4n) is 3.39. The summed E-state index contributed by atoms with van der Waals surface area (Å²) in [6, 6.07) is 0.